The lowest BCUT2D eigenvalue weighted by Gasteiger charge is -2.10. The minimum absolute atomic E-state index is 0.420. The van der Waals surface area contributed by atoms with Gasteiger partial charge in [0.2, 0.25) is 0 Å². The Bertz CT molecular complexity index is 458. The van der Waals surface area contributed by atoms with Crippen LogP contribution in [0.2, 0.25) is 0 Å². The predicted molar refractivity (Wildman–Crippen MR) is 61.3 cm³/mol. The first-order valence-electron chi connectivity index (χ1n) is 5.62. The Morgan fingerprint density at radius 3 is 3.12 bits per heavy atom. The largest absolute Gasteiger partial charge is 0.309 e. The van der Waals surface area contributed by atoms with Crippen LogP contribution < -0.4 is 5.32 Å². The van der Waals surface area contributed by atoms with Gasteiger partial charge in [-0.05, 0) is 31.5 Å². The van der Waals surface area contributed by atoms with Crippen molar-refractivity contribution in [2.24, 2.45) is 0 Å². The van der Waals surface area contributed by atoms with E-state index in [1.54, 1.807) is 12.5 Å². The number of aromatic nitrogens is 3. The van der Waals surface area contributed by atoms with E-state index in [9.17, 15) is 0 Å². The molecule has 1 atom stereocenters. The molecule has 1 N–H and O–H groups in total. The maximum atomic E-state index is 4.66. The van der Waals surface area contributed by atoms with Gasteiger partial charge in [0, 0.05) is 18.4 Å². The third-order valence-corrected chi connectivity index (χ3v) is 2.94. The molecule has 4 heteroatoms. The van der Waals surface area contributed by atoms with E-state index < -0.39 is 0 Å². The zero-order valence-corrected chi connectivity index (χ0v) is 9.00. The maximum Gasteiger partial charge on any atom is 0.138 e. The fourth-order valence-corrected chi connectivity index (χ4v) is 2.11. The number of pyridine rings is 1. The number of rotatable bonds is 2. The summed E-state index contributed by atoms with van der Waals surface area (Å²) in [6.07, 6.45) is 7.87. The van der Waals surface area contributed by atoms with Crippen LogP contribution in [-0.4, -0.2) is 21.1 Å². The Labute approximate surface area is 94.4 Å². The van der Waals surface area contributed by atoms with E-state index >= 15 is 0 Å². The van der Waals surface area contributed by atoms with E-state index in [0.29, 0.717) is 6.04 Å². The summed E-state index contributed by atoms with van der Waals surface area (Å²) in [4.78, 5) is 8.69. The van der Waals surface area contributed by atoms with Crippen LogP contribution in [0.25, 0.3) is 5.82 Å². The molecule has 0 aliphatic carbocycles. The fourth-order valence-electron chi connectivity index (χ4n) is 2.11. The highest BCUT2D eigenvalue weighted by molar-refractivity contribution is 5.26. The molecule has 0 amide bonds. The summed E-state index contributed by atoms with van der Waals surface area (Å²) in [7, 11) is 0. The number of nitrogens with one attached hydrogen (secondary N) is 1. The molecule has 0 spiro atoms. The summed E-state index contributed by atoms with van der Waals surface area (Å²) in [5.74, 6) is 0.934. The minimum atomic E-state index is 0.420. The van der Waals surface area contributed by atoms with Gasteiger partial charge < -0.3 is 5.32 Å². The van der Waals surface area contributed by atoms with Gasteiger partial charge >= 0.3 is 0 Å². The van der Waals surface area contributed by atoms with Crippen molar-refractivity contribution in [1.82, 2.24) is 19.9 Å². The van der Waals surface area contributed by atoms with E-state index in [2.05, 4.69) is 27.4 Å². The van der Waals surface area contributed by atoms with Gasteiger partial charge in [-0.1, -0.05) is 6.07 Å². The van der Waals surface area contributed by atoms with Crippen molar-refractivity contribution in [2.75, 3.05) is 6.54 Å². The summed E-state index contributed by atoms with van der Waals surface area (Å²) in [5, 5.41) is 3.46. The normalized spacial score (nSPS) is 20.1. The molecule has 1 aliphatic rings. The maximum absolute atomic E-state index is 4.66. The highest BCUT2D eigenvalue weighted by atomic mass is 15.1. The Kier molecular flexibility index (Phi) is 2.42. The molecule has 82 valence electrons. The van der Waals surface area contributed by atoms with Crippen molar-refractivity contribution in [3.8, 4) is 5.82 Å². The number of hydrogen-bond acceptors (Lipinski definition) is 3. The van der Waals surface area contributed by atoms with Gasteiger partial charge in [0.05, 0.1) is 5.69 Å². The van der Waals surface area contributed by atoms with Crippen LogP contribution in [0.4, 0.5) is 0 Å². The van der Waals surface area contributed by atoms with Crippen molar-refractivity contribution in [1.29, 1.82) is 0 Å². The molecule has 0 unspecified atom stereocenters. The van der Waals surface area contributed by atoms with E-state index in [0.717, 1.165) is 18.1 Å². The molecule has 0 bridgehead atoms. The average Bonchev–Trinajstić information content (AvgIpc) is 3.03. The topological polar surface area (TPSA) is 42.7 Å². The summed E-state index contributed by atoms with van der Waals surface area (Å²) < 4.78 is 1.93. The first-order chi connectivity index (χ1) is 7.93. The summed E-state index contributed by atoms with van der Waals surface area (Å²) in [6, 6.07) is 6.56. The Balaban J connectivity index is 1.93. The molecule has 2 aromatic heterocycles. The molecule has 16 heavy (non-hydrogen) atoms. The molecular weight excluding hydrogens is 200 g/mol. The van der Waals surface area contributed by atoms with Crippen LogP contribution in [0.1, 0.15) is 24.6 Å². The van der Waals surface area contributed by atoms with Crippen molar-refractivity contribution < 1.29 is 0 Å². The Morgan fingerprint density at radius 2 is 2.38 bits per heavy atom. The van der Waals surface area contributed by atoms with Crippen molar-refractivity contribution in [3.63, 3.8) is 0 Å². The number of imidazole rings is 1. The first kappa shape index (κ1) is 9.54. The van der Waals surface area contributed by atoms with Gasteiger partial charge in [0.15, 0.2) is 0 Å². The van der Waals surface area contributed by atoms with Crippen LogP contribution in [0, 0.1) is 0 Å². The third-order valence-electron chi connectivity index (χ3n) is 2.94. The molecule has 2 aromatic rings. The molecule has 1 saturated heterocycles. The van der Waals surface area contributed by atoms with Crippen LogP contribution in [0.15, 0.2) is 36.9 Å². The van der Waals surface area contributed by atoms with E-state index in [1.165, 1.54) is 12.8 Å². The molecule has 0 aromatic carbocycles. The summed E-state index contributed by atoms with van der Waals surface area (Å²) >= 11 is 0. The average molecular weight is 214 g/mol. The SMILES string of the molecule is c1cc([C@H]2CCCN2)nc(-n2ccnc2)c1. The molecule has 1 fully saturated rings. The molecule has 1 aliphatic heterocycles. The lowest BCUT2D eigenvalue weighted by atomic mass is 10.1. The lowest BCUT2D eigenvalue weighted by molar-refractivity contribution is 0.626. The monoisotopic (exact) mass is 214 g/mol. The van der Waals surface area contributed by atoms with Crippen molar-refractivity contribution in [3.05, 3.63) is 42.6 Å². The molecule has 3 heterocycles. The zero-order valence-electron chi connectivity index (χ0n) is 9.00. The van der Waals surface area contributed by atoms with E-state index in [1.807, 2.05) is 16.8 Å². The fraction of sp³-hybridized carbons (Fsp3) is 0.333. The standard InChI is InChI=1S/C12H14N4/c1-3-11(10-4-2-6-14-10)15-12(5-1)16-8-7-13-9-16/h1,3,5,7-10,14H,2,4,6H2/t10-/m1/s1. The first-order valence-corrected chi connectivity index (χ1v) is 5.62. The number of hydrogen-bond donors (Lipinski definition) is 1. The van der Waals surface area contributed by atoms with Gasteiger partial charge in [0.25, 0.3) is 0 Å². The van der Waals surface area contributed by atoms with Crippen LogP contribution in [-0.2, 0) is 0 Å². The van der Waals surface area contributed by atoms with Crippen molar-refractivity contribution >= 4 is 0 Å². The van der Waals surface area contributed by atoms with E-state index in [-0.39, 0.29) is 0 Å². The second-order valence-corrected chi connectivity index (χ2v) is 4.04. The second kappa shape index (κ2) is 4.06. The van der Waals surface area contributed by atoms with Gasteiger partial charge in [-0.25, -0.2) is 9.97 Å². The molecule has 0 saturated carbocycles. The Morgan fingerprint density at radius 1 is 1.38 bits per heavy atom. The third kappa shape index (κ3) is 1.72. The van der Waals surface area contributed by atoms with Crippen LogP contribution in [0.5, 0.6) is 0 Å². The van der Waals surface area contributed by atoms with Gasteiger partial charge in [-0.3, -0.25) is 4.57 Å². The van der Waals surface area contributed by atoms with Gasteiger partial charge in [-0.2, -0.15) is 0 Å². The smallest absolute Gasteiger partial charge is 0.138 e. The quantitative estimate of drug-likeness (QED) is 0.827. The van der Waals surface area contributed by atoms with Gasteiger partial charge in [-0.15, -0.1) is 0 Å². The molecule has 3 rings (SSSR count). The van der Waals surface area contributed by atoms with Crippen molar-refractivity contribution in [2.45, 2.75) is 18.9 Å². The highest BCUT2D eigenvalue weighted by Gasteiger charge is 2.17. The highest BCUT2D eigenvalue weighted by Crippen LogP contribution is 2.21. The molecule has 0 radical (unpaired) electrons. The minimum Gasteiger partial charge on any atom is -0.309 e. The van der Waals surface area contributed by atoms with Crippen LogP contribution >= 0.6 is 0 Å². The Hall–Kier alpha value is -1.68. The zero-order chi connectivity index (χ0) is 10.8. The molecule has 4 nitrogen and oxygen atoms in total. The lowest BCUT2D eigenvalue weighted by Crippen LogP contribution is -2.14. The molecular formula is C12H14N4. The van der Waals surface area contributed by atoms with Gasteiger partial charge in [0.1, 0.15) is 12.1 Å². The summed E-state index contributed by atoms with van der Waals surface area (Å²) in [6.45, 7) is 1.10. The van der Waals surface area contributed by atoms with E-state index in [4.69, 9.17) is 0 Å². The van der Waals surface area contributed by atoms with Crippen LogP contribution in [0.3, 0.4) is 0 Å². The predicted octanol–water partition coefficient (Wildman–Crippen LogP) is 1.69. The summed E-state index contributed by atoms with van der Waals surface area (Å²) in [5.41, 5.74) is 1.13. The number of nitrogens with zero attached hydrogens (tertiary/aromatic N) is 3. The second-order valence-electron chi connectivity index (χ2n) is 4.04.